The van der Waals surface area contributed by atoms with Gasteiger partial charge in [0.2, 0.25) is 0 Å². The standard InChI is InChI=1S/C21H18N2O4S/c1-14-13-28-21-22-16(11-19(24)23(14)21)12-26-20(25)10-8-17-7-9-18(27-17)15-5-3-2-4-6-15/h2-7,9,11,13H,8,10,12H2,1H3. The highest BCUT2D eigenvalue weighted by Crippen LogP contribution is 2.22. The normalized spacial score (nSPS) is 11.0. The molecule has 28 heavy (non-hydrogen) atoms. The number of hydrogen-bond acceptors (Lipinski definition) is 6. The molecule has 4 aromatic rings. The van der Waals surface area contributed by atoms with Crippen LogP contribution in [0, 0.1) is 6.92 Å². The van der Waals surface area contributed by atoms with E-state index in [9.17, 15) is 9.59 Å². The summed E-state index contributed by atoms with van der Waals surface area (Å²) in [6.07, 6.45) is 0.645. The molecule has 0 N–H and O–H groups in total. The molecule has 1 aromatic carbocycles. The smallest absolute Gasteiger partial charge is 0.306 e. The molecule has 0 unspecified atom stereocenters. The maximum absolute atomic E-state index is 12.1. The van der Waals surface area contributed by atoms with E-state index in [4.69, 9.17) is 9.15 Å². The zero-order valence-corrected chi connectivity index (χ0v) is 16.1. The zero-order chi connectivity index (χ0) is 19.5. The number of furan rings is 1. The van der Waals surface area contributed by atoms with Crippen molar-refractivity contribution in [3.63, 3.8) is 0 Å². The number of aromatic nitrogens is 2. The van der Waals surface area contributed by atoms with E-state index in [1.165, 1.54) is 21.8 Å². The van der Waals surface area contributed by atoms with Crippen LogP contribution in [-0.2, 0) is 22.6 Å². The van der Waals surface area contributed by atoms with Gasteiger partial charge in [0.05, 0.1) is 12.1 Å². The van der Waals surface area contributed by atoms with Crippen LogP contribution in [0.25, 0.3) is 16.3 Å². The molecule has 3 heterocycles. The lowest BCUT2D eigenvalue weighted by molar-refractivity contribution is -0.145. The molecule has 0 atom stereocenters. The molecule has 0 spiro atoms. The Balaban J connectivity index is 1.33. The van der Waals surface area contributed by atoms with Crippen molar-refractivity contribution in [2.45, 2.75) is 26.4 Å². The second-order valence-corrected chi connectivity index (χ2v) is 7.21. The number of thiazole rings is 1. The van der Waals surface area contributed by atoms with E-state index in [-0.39, 0.29) is 24.6 Å². The van der Waals surface area contributed by atoms with Gasteiger partial charge in [0.25, 0.3) is 5.56 Å². The fraction of sp³-hybridized carbons (Fsp3) is 0.190. The van der Waals surface area contributed by atoms with Crippen LogP contribution in [0.1, 0.15) is 23.6 Å². The molecule has 0 amide bonds. The Morgan fingerprint density at radius 2 is 2.04 bits per heavy atom. The van der Waals surface area contributed by atoms with Gasteiger partial charge in [0.15, 0.2) is 4.96 Å². The summed E-state index contributed by atoms with van der Waals surface area (Å²) >= 11 is 1.38. The number of aryl methyl sites for hydroxylation is 2. The fourth-order valence-corrected chi connectivity index (χ4v) is 3.79. The lowest BCUT2D eigenvalue weighted by Gasteiger charge is -2.04. The van der Waals surface area contributed by atoms with Gasteiger partial charge in [-0.05, 0) is 19.1 Å². The summed E-state index contributed by atoms with van der Waals surface area (Å²) in [6, 6.07) is 14.9. The molecule has 0 fully saturated rings. The molecule has 142 valence electrons. The van der Waals surface area contributed by atoms with E-state index < -0.39 is 0 Å². The minimum atomic E-state index is -0.359. The number of esters is 1. The highest BCUT2D eigenvalue weighted by atomic mass is 32.1. The predicted octanol–water partition coefficient (Wildman–Crippen LogP) is 4.00. The molecule has 3 aromatic heterocycles. The van der Waals surface area contributed by atoms with Crippen LogP contribution < -0.4 is 5.56 Å². The first-order valence-corrected chi connectivity index (χ1v) is 9.74. The molecule has 0 radical (unpaired) electrons. The van der Waals surface area contributed by atoms with Crippen LogP contribution in [0.3, 0.4) is 0 Å². The van der Waals surface area contributed by atoms with Gasteiger partial charge in [-0.2, -0.15) is 0 Å². The lowest BCUT2D eigenvalue weighted by Crippen LogP contribution is -2.16. The van der Waals surface area contributed by atoms with Crippen LogP contribution >= 0.6 is 11.3 Å². The Hall–Kier alpha value is -3.19. The van der Waals surface area contributed by atoms with Crippen molar-refractivity contribution >= 4 is 22.3 Å². The van der Waals surface area contributed by atoms with Crippen molar-refractivity contribution < 1.29 is 13.9 Å². The number of rotatable bonds is 6. The molecule has 0 saturated carbocycles. The third-order valence-corrected chi connectivity index (χ3v) is 5.25. The van der Waals surface area contributed by atoms with Crippen LogP contribution in [0.2, 0.25) is 0 Å². The van der Waals surface area contributed by atoms with Gasteiger partial charge in [-0.3, -0.25) is 14.0 Å². The van der Waals surface area contributed by atoms with Crippen molar-refractivity contribution in [1.29, 1.82) is 0 Å². The van der Waals surface area contributed by atoms with Crippen molar-refractivity contribution in [3.05, 3.63) is 81.4 Å². The number of ether oxygens (including phenoxy) is 1. The number of hydrogen-bond donors (Lipinski definition) is 0. The molecule has 7 heteroatoms. The summed E-state index contributed by atoms with van der Waals surface area (Å²) in [6.45, 7) is 1.83. The van der Waals surface area contributed by atoms with E-state index in [2.05, 4.69) is 4.98 Å². The molecule has 0 aliphatic carbocycles. The third-order valence-electron chi connectivity index (χ3n) is 4.31. The van der Waals surface area contributed by atoms with Gasteiger partial charge in [0, 0.05) is 29.1 Å². The summed E-state index contributed by atoms with van der Waals surface area (Å²) in [7, 11) is 0. The Bertz CT molecular complexity index is 1170. The molecular weight excluding hydrogens is 376 g/mol. The summed E-state index contributed by atoms with van der Waals surface area (Å²) in [4.78, 5) is 29.1. The first-order chi connectivity index (χ1) is 13.6. The highest BCUT2D eigenvalue weighted by molar-refractivity contribution is 7.15. The minimum absolute atomic E-state index is 0.0189. The number of carbonyl (C=O) groups is 1. The molecule has 0 bridgehead atoms. The van der Waals surface area contributed by atoms with E-state index in [0.29, 0.717) is 17.1 Å². The Morgan fingerprint density at radius 1 is 1.21 bits per heavy atom. The highest BCUT2D eigenvalue weighted by Gasteiger charge is 2.11. The van der Waals surface area contributed by atoms with Gasteiger partial charge in [-0.25, -0.2) is 4.98 Å². The van der Waals surface area contributed by atoms with Crippen LogP contribution in [0.15, 0.2) is 63.1 Å². The van der Waals surface area contributed by atoms with Gasteiger partial charge in [-0.15, -0.1) is 11.3 Å². The maximum atomic E-state index is 12.1. The Kier molecular flexibility index (Phi) is 5.08. The van der Waals surface area contributed by atoms with E-state index in [1.807, 2.05) is 54.8 Å². The Labute approximate surface area is 165 Å². The molecule has 0 aliphatic heterocycles. The summed E-state index contributed by atoms with van der Waals surface area (Å²) < 4.78 is 12.6. The molecular formula is C21H18N2O4S. The minimum Gasteiger partial charge on any atom is -0.461 e. The van der Waals surface area contributed by atoms with Crippen molar-refractivity contribution in [2.24, 2.45) is 0 Å². The maximum Gasteiger partial charge on any atom is 0.306 e. The third kappa shape index (κ3) is 3.89. The quantitative estimate of drug-likeness (QED) is 0.462. The lowest BCUT2D eigenvalue weighted by atomic mass is 10.2. The molecule has 4 rings (SSSR count). The first kappa shape index (κ1) is 18.2. The monoisotopic (exact) mass is 394 g/mol. The van der Waals surface area contributed by atoms with Crippen molar-refractivity contribution in [1.82, 2.24) is 9.38 Å². The topological polar surface area (TPSA) is 73.8 Å². The Morgan fingerprint density at radius 3 is 2.86 bits per heavy atom. The average Bonchev–Trinajstić information content (AvgIpc) is 3.33. The van der Waals surface area contributed by atoms with E-state index >= 15 is 0 Å². The first-order valence-electron chi connectivity index (χ1n) is 8.87. The van der Waals surface area contributed by atoms with Crippen LogP contribution in [0.5, 0.6) is 0 Å². The van der Waals surface area contributed by atoms with Gasteiger partial charge < -0.3 is 9.15 Å². The SMILES string of the molecule is Cc1csc2nc(COC(=O)CCc3ccc(-c4ccccc4)o3)cc(=O)n12. The number of nitrogens with zero attached hydrogens (tertiary/aromatic N) is 2. The number of carbonyl (C=O) groups excluding carboxylic acids is 1. The van der Waals surface area contributed by atoms with E-state index in [0.717, 1.165) is 22.8 Å². The molecule has 0 aliphatic rings. The number of benzene rings is 1. The van der Waals surface area contributed by atoms with Gasteiger partial charge in [-0.1, -0.05) is 30.3 Å². The fourth-order valence-electron chi connectivity index (χ4n) is 2.90. The van der Waals surface area contributed by atoms with Crippen molar-refractivity contribution in [2.75, 3.05) is 0 Å². The van der Waals surface area contributed by atoms with Crippen molar-refractivity contribution in [3.8, 4) is 11.3 Å². The largest absolute Gasteiger partial charge is 0.461 e. The molecule has 0 saturated heterocycles. The average molecular weight is 394 g/mol. The molecule has 6 nitrogen and oxygen atoms in total. The summed E-state index contributed by atoms with van der Waals surface area (Å²) in [5, 5.41) is 1.87. The van der Waals surface area contributed by atoms with Gasteiger partial charge in [0.1, 0.15) is 18.1 Å². The second-order valence-electron chi connectivity index (χ2n) is 6.37. The summed E-state index contributed by atoms with van der Waals surface area (Å²) in [5.41, 5.74) is 2.12. The predicted molar refractivity (Wildman–Crippen MR) is 106 cm³/mol. The second kappa shape index (κ2) is 7.82. The zero-order valence-electron chi connectivity index (χ0n) is 15.3. The van der Waals surface area contributed by atoms with Crippen LogP contribution in [0.4, 0.5) is 0 Å². The summed E-state index contributed by atoms with van der Waals surface area (Å²) in [5.74, 6) is 1.14. The van der Waals surface area contributed by atoms with Gasteiger partial charge >= 0.3 is 5.97 Å². The number of fused-ring (bicyclic) bond motifs is 1. The van der Waals surface area contributed by atoms with Crippen LogP contribution in [-0.4, -0.2) is 15.4 Å². The van der Waals surface area contributed by atoms with E-state index in [1.54, 1.807) is 0 Å².